The molecule has 2 rings (SSSR count). The van der Waals surface area contributed by atoms with Crippen molar-refractivity contribution in [2.75, 3.05) is 12.3 Å². The molecule has 1 saturated carbocycles. The molecule has 0 atom stereocenters. The van der Waals surface area contributed by atoms with Gasteiger partial charge in [-0.3, -0.25) is 0 Å². The van der Waals surface area contributed by atoms with Crippen molar-refractivity contribution >= 4 is 5.69 Å². The van der Waals surface area contributed by atoms with Gasteiger partial charge >= 0.3 is 0 Å². The molecule has 1 heterocycles. The topological polar surface area (TPSA) is 48.1 Å². The Balaban J connectivity index is 1.92. The van der Waals surface area contributed by atoms with Gasteiger partial charge in [-0.25, -0.2) is 4.98 Å². The number of nitrogens with zero attached hydrogens (tertiary/aromatic N) is 1. The van der Waals surface area contributed by atoms with Crippen LogP contribution in [0.2, 0.25) is 0 Å². The summed E-state index contributed by atoms with van der Waals surface area (Å²) in [6.07, 6.45) is 7.04. The number of anilines is 1. The Hall–Kier alpha value is -1.25. The second-order valence-corrected chi connectivity index (χ2v) is 4.37. The van der Waals surface area contributed by atoms with Gasteiger partial charge < -0.3 is 10.5 Å². The maximum absolute atomic E-state index is 5.82. The van der Waals surface area contributed by atoms with Crippen molar-refractivity contribution in [1.29, 1.82) is 0 Å². The van der Waals surface area contributed by atoms with E-state index in [2.05, 4.69) is 4.98 Å². The highest BCUT2D eigenvalue weighted by Gasteiger charge is 2.16. The van der Waals surface area contributed by atoms with E-state index < -0.39 is 0 Å². The van der Waals surface area contributed by atoms with Crippen LogP contribution in [0.25, 0.3) is 0 Å². The lowest BCUT2D eigenvalue weighted by Crippen LogP contribution is -2.10. The minimum absolute atomic E-state index is 0.590. The van der Waals surface area contributed by atoms with E-state index in [0.29, 0.717) is 17.5 Å². The van der Waals surface area contributed by atoms with E-state index in [1.807, 2.05) is 13.0 Å². The summed E-state index contributed by atoms with van der Waals surface area (Å²) in [6.45, 7) is 2.74. The molecule has 1 fully saturated rings. The van der Waals surface area contributed by atoms with Crippen molar-refractivity contribution in [3.63, 3.8) is 0 Å². The molecule has 0 spiro atoms. The molecule has 1 aromatic rings. The van der Waals surface area contributed by atoms with Gasteiger partial charge in [0.25, 0.3) is 0 Å². The zero-order valence-corrected chi connectivity index (χ0v) is 9.20. The molecule has 0 aromatic carbocycles. The highest BCUT2D eigenvalue weighted by Crippen LogP contribution is 2.26. The Morgan fingerprint density at radius 1 is 1.47 bits per heavy atom. The molecular weight excluding hydrogens is 188 g/mol. The second kappa shape index (κ2) is 4.51. The predicted octanol–water partition coefficient (Wildman–Crippen LogP) is 2.54. The first-order valence-electron chi connectivity index (χ1n) is 5.60. The summed E-state index contributed by atoms with van der Waals surface area (Å²) in [6, 6.07) is 1.90. The van der Waals surface area contributed by atoms with Crippen LogP contribution in [0, 0.1) is 12.8 Å². The van der Waals surface area contributed by atoms with E-state index in [1.54, 1.807) is 6.20 Å². The number of nitrogens with two attached hydrogens (primary N) is 1. The lowest BCUT2D eigenvalue weighted by molar-refractivity contribution is 0.245. The quantitative estimate of drug-likeness (QED) is 0.826. The lowest BCUT2D eigenvalue weighted by atomic mass is 10.1. The Bertz CT molecular complexity index is 332. The zero-order valence-electron chi connectivity index (χ0n) is 9.20. The SMILES string of the molecule is Cc1cnc(OCC2CCCC2)c(N)c1. The maximum atomic E-state index is 5.82. The molecule has 0 aliphatic heterocycles. The summed E-state index contributed by atoms with van der Waals surface area (Å²) in [4.78, 5) is 4.19. The molecule has 15 heavy (non-hydrogen) atoms. The molecule has 2 N–H and O–H groups in total. The third-order valence-corrected chi connectivity index (χ3v) is 2.95. The Morgan fingerprint density at radius 3 is 2.87 bits per heavy atom. The largest absolute Gasteiger partial charge is 0.476 e. The highest BCUT2D eigenvalue weighted by atomic mass is 16.5. The van der Waals surface area contributed by atoms with Crippen LogP contribution in [0.15, 0.2) is 12.3 Å². The Morgan fingerprint density at radius 2 is 2.20 bits per heavy atom. The third-order valence-electron chi connectivity index (χ3n) is 2.95. The smallest absolute Gasteiger partial charge is 0.237 e. The van der Waals surface area contributed by atoms with Crippen molar-refractivity contribution in [3.05, 3.63) is 17.8 Å². The number of rotatable bonds is 3. The lowest BCUT2D eigenvalue weighted by Gasteiger charge is -2.12. The number of hydrogen-bond donors (Lipinski definition) is 1. The zero-order chi connectivity index (χ0) is 10.7. The summed E-state index contributed by atoms with van der Waals surface area (Å²) >= 11 is 0. The third kappa shape index (κ3) is 2.61. The molecule has 3 nitrogen and oxygen atoms in total. The van der Waals surface area contributed by atoms with Crippen molar-refractivity contribution in [2.24, 2.45) is 5.92 Å². The number of aryl methyl sites for hydroxylation is 1. The Labute approximate surface area is 90.7 Å². The van der Waals surface area contributed by atoms with E-state index in [1.165, 1.54) is 25.7 Å². The number of hydrogen-bond acceptors (Lipinski definition) is 3. The van der Waals surface area contributed by atoms with E-state index in [-0.39, 0.29) is 0 Å². The van der Waals surface area contributed by atoms with Crippen LogP contribution >= 0.6 is 0 Å². The summed E-state index contributed by atoms with van der Waals surface area (Å²) in [5.41, 5.74) is 7.54. The molecule has 0 amide bonds. The van der Waals surface area contributed by atoms with Crippen LogP contribution in [-0.2, 0) is 0 Å². The van der Waals surface area contributed by atoms with Gasteiger partial charge in [0, 0.05) is 6.20 Å². The first kappa shape index (κ1) is 10.3. The maximum Gasteiger partial charge on any atom is 0.237 e. The summed E-state index contributed by atoms with van der Waals surface area (Å²) in [7, 11) is 0. The number of pyridine rings is 1. The molecule has 1 aliphatic carbocycles. The predicted molar refractivity (Wildman–Crippen MR) is 60.8 cm³/mol. The van der Waals surface area contributed by atoms with Gasteiger partial charge in [-0.2, -0.15) is 0 Å². The van der Waals surface area contributed by atoms with E-state index in [0.717, 1.165) is 12.2 Å². The molecule has 1 aliphatic rings. The molecule has 82 valence electrons. The van der Waals surface area contributed by atoms with Gasteiger partial charge in [-0.1, -0.05) is 12.8 Å². The summed E-state index contributed by atoms with van der Waals surface area (Å²) in [5.74, 6) is 1.29. The van der Waals surface area contributed by atoms with Gasteiger partial charge in [0.15, 0.2) is 0 Å². The minimum Gasteiger partial charge on any atom is -0.476 e. The molecule has 0 radical (unpaired) electrons. The van der Waals surface area contributed by atoms with Gasteiger partial charge in [-0.15, -0.1) is 0 Å². The number of ether oxygens (including phenoxy) is 1. The molecule has 1 aromatic heterocycles. The second-order valence-electron chi connectivity index (χ2n) is 4.37. The van der Waals surface area contributed by atoms with Crippen LogP contribution < -0.4 is 10.5 Å². The fourth-order valence-corrected chi connectivity index (χ4v) is 2.07. The first-order valence-corrected chi connectivity index (χ1v) is 5.60. The summed E-state index contributed by atoms with van der Waals surface area (Å²) in [5, 5.41) is 0. The molecule has 3 heteroatoms. The fraction of sp³-hybridized carbons (Fsp3) is 0.583. The highest BCUT2D eigenvalue weighted by molar-refractivity contribution is 5.49. The molecule has 0 bridgehead atoms. The van der Waals surface area contributed by atoms with Crippen LogP contribution in [0.3, 0.4) is 0 Å². The van der Waals surface area contributed by atoms with E-state index >= 15 is 0 Å². The number of aromatic nitrogens is 1. The average Bonchev–Trinajstić information content (AvgIpc) is 2.69. The monoisotopic (exact) mass is 206 g/mol. The summed E-state index contributed by atoms with van der Waals surface area (Å²) < 4.78 is 5.64. The van der Waals surface area contributed by atoms with Gasteiger partial charge in [-0.05, 0) is 37.3 Å². The van der Waals surface area contributed by atoms with Crippen LogP contribution in [-0.4, -0.2) is 11.6 Å². The van der Waals surface area contributed by atoms with Gasteiger partial charge in [0.2, 0.25) is 5.88 Å². The van der Waals surface area contributed by atoms with Crippen molar-refractivity contribution in [2.45, 2.75) is 32.6 Å². The van der Waals surface area contributed by atoms with Crippen LogP contribution in [0.4, 0.5) is 5.69 Å². The molecule has 0 unspecified atom stereocenters. The first-order chi connectivity index (χ1) is 7.25. The fourth-order valence-electron chi connectivity index (χ4n) is 2.07. The Kier molecular flexibility index (Phi) is 3.09. The number of nitrogen functional groups attached to an aromatic ring is 1. The van der Waals surface area contributed by atoms with Crippen LogP contribution in [0.5, 0.6) is 5.88 Å². The van der Waals surface area contributed by atoms with Crippen molar-refractivity contribution < 1.29 is 4.74 Å². The normalized spacial score (nSPS) is 16.9. The standard InChI is InChI=1S/C12H18N2O/c1-9-6-11(13)12(14-7-9)15-8-10-4-2-3-5-10/h6-7,10H,2-5,8,13H2,1H3. The van der Waals surface area contributed by atoms with Gasteiger partial charge in [0.05, 0.1) is 12.3 Å². The van der Waals surface area contributed by atoms with Crippen LogP contribution in [0.1, 0.15) is 31.2 Å². The molecular formula is C12H18N2O. The molecule has 0 saturated heterocycles. The van der Waals surface area contributed by atoms with Gasteiger partial charge in [0.1, 0.15) is 0 Å². The minimum atomic E-state index is 0.590. The van der Waals surface area contributed by atoms with Crippen molar-refractivity contribution in [1.82, 2.24) is 4.98 Å². The van der Waals surface area contributed by atoms with Crippen molar-refractivity contribution in [3.8, 4) is 5.88 Å². The van der Waals surface area contributed by atoms with E-state index in [9.17, 15) is 0 Å². The average molecular weight is 206 g/mol. The van der Waals surface area contributed by atoms with E-state index in [4.69, 9.17) is 10.5 Å².